The van der Waals surface area contributed by atoms with Crippen LogP contribution in [0.3, 0.4) is 0 Å². The SMILES string of the molecule is CCOC(=O)N1[C@@H](c2ccco2)[C@@H](C(=O)O)C[C@]12CCCCN(C)C2=O. The summed E-state index contributed by atoms with van der Waals surface area (Å²) in [5.74, 6) is -1.89. The molecule has 8 nitrogen and oxygen atoms in total. The molecule has 142 valence electrons. The minimum atomic E-state index is -1.22. The Labute approximate surface area is 151 Å². The molecule has 0 aromatic carbocycles. The van der Waals surface area contributed by atoms with Crippen LogP contribution in [0.25, 0.3) is 0 Å². The molecule has 26 heavy (non-hydrogen) atoms. The first-order chi connectivity index (χ1) is 12.4. The maximum Gasteiger partial charge on any atom is 0.411 e. The van der Waals surface area contributed by atoms with Crippen LogP contribution in [0.1, 0.15) is 44.4 Å². The summed E-state index contributed by atoms with van der Waals surface area (Å²) < 4.78 is 10.7. The third kappa shape index (κ3) is 2.83. The molecule has 3 heterocycles. The van der Waals surface area contributed by atoms with Gasteiger partial charge in [-0.3, -0.25) is 14.5 Å². The highest BCUT2D eigenvalue weighted by molar-refractivity contribution is 5.92. The predicted molar refractivity (Wildman–Crippen MR) is 90.3 cm³/mol. The van der Waals surface area contributed by atoms with Crippen LogP contribution >= 0.6 is 0 Å². The van der Waals surface area contributed by atoms with Gasteiger partial charge in [-0.15, -0.1) is 0 Å². The summed E-state index contributed by atoms with van der Waals surface area (Å²) in [6.45, 7) is 2.40. The normalized spacial score (nSPS) is 29.1. The van der Waals surface area contributed by atoms with E-state index in [-0.39, 0.29) is 18.9 Å². The van der Waals surface area contributed by atoms with Crippen molar-refractivity contribution in [3.63, 3.8) is 0 Å². The molecular formula is C18H24N2O6. The number of aliphatic carboxylic acids is 1. The fraction of sp³-hybridized carbons (Fsp3) is 0.611. The van der Waals surface area contributed by atoms with Gasteiger partial charge < -0.3 is 19.2 Å². The molecule has 1 aromatic heterocycles. The predicted octanol–water partition coefficient (Wildman–Crippen LogP) is 2.26. The third-order valence-corrected chi connectivity index (χ3v) is 5.37. The van der Waals surface area contributed by atoms with Gasteiger partial charge in [0.2, 0.25) is 5.91 Å². The van der Waals surface area contributed by atoms with Gasteiger partial charge in [0.15, 0.2) is 0 Å². The van der Waals surface area contributed by atoms with Gasteiger partial charge in [-0.25, -0.2) is 4.79 Å². The van der Waals surface area contributed by atoms with Crippen molar-refractivity contribution in [1.29, 1.82) is 0 Å². The summed E-state index contributed by atoms with van der Waals surface area (Å²) in [7, 11) is 1.69. The highest BCUT2D eigenvalue weighted by atomic mass is 16.6. The van der Waals surface area contributed by atoms with Crippen molar-refractivity contribution >= 4 is 18.0 Å². The second kappa shape index (κ2) is 7.01. The summed E-state index contributed by atoms with van der Waals surface area (Å²) in [4.78, 5) is 41.0. The van der Waals surface area contributed by atoms with E-state index in [1.165, 1.54) is 11.2 Å². The van der Waals surface area contributed by atoms with Crippen molar-refractivity contribution in [3.8, 4) is 0 Å². The Morgan fingerprint density at radius 1 is 1.42 bits per heavy atom. The molecule has 3 rings (SSSR count). The topological polar surface area (TPSA) is 100 Å². The number of carboxylic acid groups (broad SMARTS) is 1. The first-order valence-electron chi connectivity index (χ1n) is 8.90. The largest absolute Gasteiger partial charge is 0.481 e. The molecule has 0 bridgehead atoms. The minimum absolute atomic E-state index is 0.0513. The minimum Gasteiger partial charge on any atom is -0.481 e. The summed E-state index contributed by atoms with van der Waals surface area (Å²) in [6, 6.07) is 2.40. The van der Waals surface area contributed by atoms with Gasteiger partial charge in [-0.1, -0.05) is 0 Å². The first kappa shape index (κ1) is 18.3. The van der Waals surface area contributed by atoms with Crippen molar-refractivity contribution in [2.45, 2.75) is 44.2 Å². The van der Waals surface area contributed by atoms with Crippen LogP contribution in [-0.4, -0.2) is 58.6 Å². The number of rotatable bonds is 3. The van der Waals surface area contributed by atoms with Crippen molar-refractivity contribution in [1.82, 2.24) is 9.80 Å². The lowest BCUT2D eigenvalue weighted by atomic mass is 9.86. The Hall–Kier alpha value is -2.51. The van der Waals surface area contributed by atoms with E-state index in [9.17, 15) is 19.5 Å². The van der Waals surface area contributed by atoms with Gasteiger partial charge in [0.05, 0.1) is 18.8 Å². The average molecular weight is 364 g/mol. The second-order valence-corrected chi connectivity index (χ2v) is 6.89. The molecule has 3 atom stereocenters. The Balaban J connectivity index is 2.14. The van der Waals surface area contributed by atoms with E-state index in [1.807, 2.05) is 0 Å². The molecule has 2 fully saturated rings. The number of carbonyl (C=O) groups excluding carboxylic acids is 2. The molecule has 2 aliphatic rings. The van der Waals surface area contributed by atoms with Crippen LogP contribution in [0.15, 0.2) is 22.8 Å². The molecule has 8 heteroatoms. The number of likely N-dealkylation sites (N-methyl/N-ethyl adjacent to an activating group) is 1. The van der Waals surface area contributed by atoms with Gasteiger partial charge >= 0.3 is 12.1 Å². The quantitative estimate of drug-likeness (QED) is 0.883. The fourth-order valence-corrected chi connectivity index (χ4v) is 4.25. The molecule has 0 aliphatic carbocycles. The van der Waals surface area contributed by atoms with Crippen molar-refractivity contribution in [3.05, 3.63) is 24.2 Å². The van der Waals surface area contributed by atoms with E-state index in [1.54, 1.807) is 31.0 Å². The molecule has 0 unspecified atom stereocenters. The monoisotopic (exact) mass is 364 g/mol. The van der Waals surface area contributed by atoms with Crippen molar-refractivity contribution < 1.29 is 28.6 Å². The molecule has 0 radical (unpaired) electrons. The van der Waals surface area contributed by atoms with Gasteiger partial charge in [0, 0.05) is 13.6 Å². The maximum atomic E-state index is 13.2. The van der Waals surface area contributed by atoms with E-state index >= 15 is 0 Å². The van der Waals surface area contributed by atoms with E-state index in [4.69, 9.17) is 9.15 Å². The van der Waals surface area contributed by atoms with Crippen LogP contribution in [-0.2, 0) is 14.3 Å². The molecular weight excluding hydrogens is 340 g/mol. The van der Waals surface area contributed by atoms with Gasteiger partial charge in [0.1, 0.15) is 17.3 Å². The third-order valence-electron chi connectivity index (χ3n) is 5.37. The molecule has 2 aliphatic heterocycles. The molecule has 0 saturated carbocycles. The summed E-state index contributed by atoms with van der Waals surface area (Å²) in [5, 5.41) is 9.80. The molecule has 1 spiro atoms. The zero-order valence-corrected chi connectivity index (χ0v) is 15.0. The summed E-state index contributed by atoms with van der Waals surface area (Å²) >= 11 is 0. The summed E-state index contributed by atoms with van der Waals surface area (Å²) in [6.07, 6.45) is 2.75. The Kier molecular flexibility index (Phi) is 4.93. The van der Waals surface area contributed by atoms with Gasteiger partial charge in [0.25, 0.3) is 0 Å². The Morgan fingerprint density at radius 2 is 2.19 bits per heavy atom. The maximum absolute atomic E-state index is 13.2. The average Bonchev–Trinajstić information content (AvgIpc) is 3.21. The highest BCUT2D eigenvalue weighted by Gasteiger charge is 2.62. The standard InChI is InChI=1S/C18H24N2O6/c1-3-25-17(24)20-14(13-7-6-10-26-13)12(15(21)22)11-18(20)8-4-5-9-19(2)16(18)23/h6-7,10,12,14H,3-5,8-9,11H2,1-2H3,(H,21,22)/t12-,14+,18-/m0/s1. The molecule has 1 N–H and O–H groups in total. The van der Waals surface area contributed by atoms with E-state index in [2.05, 4.69) is 0 Å². The smallest absolute Gasteiger partial charge is 0.411 e. The molecule has 1 aromatic rings. The van der Waals surface area contributed by atoms with Crippen LogP contribution in [0, 0.1) is 5.92 Å². The number of hydrogen-bond donors (Lipinski definition) is 1. The zero-order chi connectivity index (χ0) is 18.9. The Bertz CT molecular complexity index is 688. The van der Waals surface area contributed by atoms with E-state index in [0.29, 0.717) is 18.7 Å². The second-order valence-electron chi connectivity index (χ2n) is 6.89. The lowest BCUT2D eigenvalue weighted by Gasteiger charge is -2.39. The molecule has 2 amide bonds. The zero-order valence-electron chi connectivity index (χ0n) is 15.0. The lowest BCUT2D eigenvalue weighted by molar-refractivity contribution is -0.142. The van der Waals surface area contributed by atoms with Crippen molar-refractivity contribution in [2.75, 3.05) is 20.2 Å². The van der Waals surface area contributed by atoms with Crippen LogP contribution in [0.5, 0.6) is 0 Å². The lowest BCUT2D eigenvalue weighted by Crippen LogP contribution is -2.57. The Morgan fingerprint density at radius 3 is 2.81 bits per heavy atom. The van der Waals surface area contributed by atoms with Gasteiger partial charge in [-0.2, -0.15) is 0 Å². The van der Waals surface area contributed by atoms with Gasteiger partial charge in [-0.05, 0) is 44.7 Å². The van der Waals surface area contributed by atoms with Crippen LogP contribution < -0.4 is 0 Å². The number of hydrogen-bond acceptors (Lipinski definition) is 5. The highest BCUT2D eigenvalue weighted by Crippen LogP contribution is 2.51. The van der Waals surface area contributed by atoms with E-state index < -0.39 is 29.6 Å². The van der Waals surface area contributed by atoms with Crippen LogP contribution in [0.4, 0.5) is 4.79 Å². The van der Waals surface area contributed by atoms with Crippen molar-refractivity contribution in [2.24, 2.45) is 5.92 Å². The molecule has 2 saturated heterocycles. The van der Waals surface area contributed by atoms with E-state index in [0.717, 1.165) is 12.8 Å². The number of furan rings is 1. The number of ether oxygens (including phenoxy) is 1. The number of amides is 2. The van der Waals surface area contributed by atoms with Crippen LogP contribution in [0.2, 0.25) is 0 Å². The number of carbonyl (C=O) groups is 3. The number of carboxylic acids is 1. The number of nitrogens with zero attached hydrogens (tertiary/aromatic N) is 2. The number of likely N-dealkylation sites (tertiary alicyclic amines) is 2. The fourth-order valence-electron chi connectivity index (χ4n) is 4.25. The first-order valence-corrected chi connectivity index (χ1v) is 8.90. The summed E-state index contributed by atoms with van der Waals surface area (Å²) in [5.41, 5.74) is -1.22.